The topological polar surface area (TPSA) is 65.5 Å². The van der Waals surface area contributed by atoms with Crippen LogP contribution in [0.3, 0.4) is 0 Å². The molecule has 0 aromatic carbocycles. The highest BCUT2D eigenvalue weighted by molar-refractivity contribution is 7.72. The second-order valence-electron chi connectivity index (χ2n) is 2.88. The van der Waals surface area contributed by atoms with Gasteiger partial charge >= 0.3 is 7.60 Å². The van der Waals surface area contributed by atoms with Gasteiger partial charge in [0, 0.05) is 18.0 Å². The van der Waals surface area contributed by atoms with Crippen molar-refractivity contribution in [2.24, 2.45) is 0 Å². The van der Waals surface area contributed by atoms with E-state index < -0.39 is 13.1 Å². The molecule has 0 fully saturated rings. The molecule has 0 N–H and O–H groups in total. The molecular formula is C10H14NO4P. The van der Waals surface area contributed by atoms with Crippen LogP contribution in [0.25, 0.3) is 0 Å². The Morgan fingerprint density at radius 2 is 2.00 bits per heavy atom. The minimum absolute atomic E-state index is 0.156. The molecule has 1 heterocycles. The Hall–Kier alpha value is -1.03. The van der Waals surface area contributed by atoms with E-state index in [4.69, 9.17) is 9.05 Å². The molecule has 88 valence electrons. The average Bonchev–Trinajstić information content (AvgIpc) is 2.30. The van der Waals surface area contributed by atoms with Gasteiger partial charge in [-0.2, -0.15) is 0 Å². The maximum absolute atomic E-state index is 12.1. The molecule has 0 atom stereocenters. The van der Waals surface area contributed by atoms with Crippen molar-refractivity contribution in [2.75, 3.05) is 13.2 Å². The first-order valence-electron chi connectivity index (χ1n) is 4.98. The highest BCUT2D eigenvalue weighted by Gasteiger charge is 2.35. The molecule has 0 aliphatic carbocycles. The summed E-state index contributed by atoms with van der Waals surface area (Å²) in [5, 5.41) is 0. The third-order valence-corrected chi connectivity index (χ3v) is 3.71. The lowest BCUT2D eigenvalue weighted by Crippen LogP contribution is -2.07. The second kappa shape index (κ2) is 5.89. The molecule has 0 amide bonds. The van der Waals surface area contributed by atoms with Gasteiger partial charge in [-0.1, -0.05) is 0 Å². The number of pyridine rings is 1. The summed E-state index contributed by atoms with van der Waals surface area (Å²) in [6.07, 6.45) is 2.87. The predicted octanol–water partition coefficient (Wildman–Crippen LogP) is 2.49. The van der Waals surface area contributed by atoms with Crippen LogP contribution in [0.15, 0.2) is 24.5 Å². The summed E-state index contributed by atoms with van der Waals surface area (Å²) in [7, 11) is -3.71. The van der Waals surface area contributed by atoms with Gasteiger partial charge in [-0.15, -0.1) is 0 Å². The number of carbonyl (C=O) groups is 1. The van der Waals surface area contributed by atoms with Gasteiger partial charge < -0.3 is 9.05 Å². The monoisotopic (exact) mass is 243 g/mol. The molecule has 0 unspecified atom stereocenters. The highest BCUT2D eigenvalue weighted by Crippen LogP contribution is 2.50. The van der Waals surface area contributed by atoms with E-state index in [1.807, 2.05) is 0 Å². The van der Waals surface area contributed by atoms with Crippen molar-refractivity contribution in [3.05, 3.63) is 30.1 Å². The van der Waals surface area contributed by atoms with Crippen LogP contribution in [-0.2, 0) is 13.6 Å². The normalized spacial score (nSPS) is 11.4. The van der Waals surface area contributed by atoms with E-state index in [9.17, 15) is 9.36 Å². The smallest absolute Gasteiger partial charge is 0.303 e. The van der Waals surface area contributed by atoms with Gasteiger partial charge in [-0.05, 0) is 26.0 Å². The summed E-state index contributed by atoms with van der Waals surface area (Å²) < 4.78 is 22.0. The fourth-order valence-electron chi connectivity index (χ4n) is 1.14. The third-order valence-electron chi connectivity index (χ3n) is 1.76. The quantitative estimate of drug-likeness (QED) is 0.718. The van der Waals surface area contributed by atoms with Gasteiger partial charge in [0.25, 0.3) is 5.52 Å². The number of hydrogen-bond acceptors (Lipinski definition) is 5. The van der Waals surface area contributed by atoms with E-state index in [1.54, 1.807) is 19.9 Å². The second-order valence-corrected chi connectivity index (χ2v) is 4.80. The summed E-state index contributed by atoms with van der Waals surface area (Å²) in [4.78, 5) is 15.7. The standard InChI is InChI=1S/C10H14NO4P/c1-3-14-16(13,15-4-2)10(12)9-6-5-7-11-8-9/h5-8H,3-4H2,1-2H3. The van der Waals surface area contributed by atoms with E-state index in [0.717, 1.165) is 0 Å². The zero-order chi connectivity index (χ0) is 12.0. The molecule has 1 aromatic rings. The van der Waals surface area contributed by atoms with Crippen molar-refractivity contribution < 1.29 is 18.4 Å². The van der Waals surface area contributed by atoms with Crippen molar-refractivity contribution in [3.8, 4) is 0 Å². The maximum Gasteiger partial charge on any atom is 0.401 e. The van der Waals surface area contributed by atoms with Crippen molar-refractivity contribution in [1.82, 2.24) is 4.98 Å². The van der Waals surface area contributed by atoms with Crippen molar-refractivity contribution in [2.45, 2.75) is 13.8 Å². The summed E-state index contributed by atoms with van der Waals surface area (Å²) in [6, 6.07) is 3.12. The molecule has 0 bridgehead atoms. The molecule has 5 nitrogen and oxygen atoms in total. The van der Waals surface area contributed by atoms with Crippen LogP contribution >= 0.6 is 7.60 Å². The van der Waals surface area contributed by atoms with E-state index in [0.29, 0.717) is 0 Å². The molecule has 1 rings (SSSR count). The summed E-state index contributed by atoms with van der Waals surface area (Å²) in [5.41, 5.74) is -0.419. The highest BCUT2D eigenvalue weighted by atomic mass is 31.2. The van der Waals surface area contributed by atoms with Gasteiger partial charge in [0.1, 0.15) is 0 Å². The molecular weight excluding hydrogens is 229 g/mol. The van der Waals surface area contributed by atoms with Gasteiger partial charge in [-0.3, -0.25) is 14.3 Å². The number of nitrogens with zero attached hydrogens (tertiary/aromatic N) is 1. The SMILES string of the molecule is CCOP(=O)(OCC)C(=O)c1cccnc1. The first-order valence-corrected chi connectivity index (χ1v) is 6.52. The zero-order valence-corrected chi connectivity index (χ0v) is 10.1. The molecule has 0 radical (unpaired) electrons. The Morgan fingerprint density at radius 3 is 2.44 bits per heavy atom. The minimum atomic E-state index is -3.71. The first-order chi connectivity index (χ1) is 7.64. The summed E-state index contributed by atoms with van der Waals surface area (Å²) in [6.45, 7) is 3.62. The summed E-state index contributed by atoms with van der Waals surface area (Å²) in [5.74, 6) is 0. The van der Waals surface area contributed by atoms with E-state index in [1.165, 1.54) is 18.5 Å². The summed E-state index contributed by atoms with van der Waals surface area (Å²) >= 11 is 0. The number of carbonyl (C=O) groups excluding carboxylic acids is 1. The molecule has 0 saturated heterocycles. The lowest BCUT2D eigenvalue weighted by molar-refractivity contribution is 0.100. The van der Waals surface area contributed by atoms with E-state index >= 15 is 0 Å². The van der Waals surface area contributed by atoms with Crippen LogP contribution in [0.4, 0.5) is 0 Å². The van der Waals surface area contributed by atoms with Crippen LogP contribution in [0.2, 0.25) is 0 Å². The Balaban J connectivity index is 2.96. The lowest BCUT2D eigenvalue weighted by atomic mass is 10.3. The van der Waals surface area contributed by atoms with Crippen LogP contribution in [0, 0.1) is 0 Å². The van der Waals surface area contributed by atoms with Crippen molar-refractivity contribution >= 4 is 13.1 Å². The molecule has 0 spiro atoms. The largest absolute Gasteiger partial charge is 0.401 e. The Bertz CT molecular complexity index is 383. The zero-order valence-electron chi connectivity index (χ0n) is 9.25. The first kappa shape index (κ1) is 13.0. The molecule has 6 heteroatoms. The fourth-order valence-corrected chi connectivity index (χ4v) is 2.58. The maximum atomic E-state index is 12.1. The number of rotatable bonds is 6. The van der Waals surface area contributed by atoms with Crippen LogP contribution in [-0.4, -0.2) is 23.7 Å². The van der Waals surface area contributed by atoms with E-state index in [-0.39, 0.29) is 18.8 Å². The van der Waals surface area contributed by atoms with Crippen molar-refractivity contribution in [3.63, 3.8) is 0 Å². The fraction of sp³-hybridized carbons (Fsp3) is 0.400. The molecule has 0 aliphatic rings. The van der Waals surface area contributed by atoms with Crippen molar-refractivity contribution in [1.29, 1.82) is 0 Å². The molecule has 16 heavy (non-hydrogen) atoms. The Kier molecular flexibility index (Phi) is 4.80. The Labute approximate surface area is 94.3 Å². The lowest BCUT2D eigenvalue weighted by Gasteiger charge is -2.14. The van der Waals surface area contributed by atoms with Crippen LogP contribution < -0.4 is 0 Å². The van der Waals surface area contributed by atoms with E-state index in [2.05, 4.69) is 4.98 Å². The van der Waals surface area contributed by atoms with Crippen LogP contribution in [0.1, 0.15) is 24.2 Å². The third kappa shape index (κ3) is 2.98. The van der Waals surface area contributed by atoms with Gasteiger partial charge in [0.05, 0.1) is 13.2 Å². The molecule has 0 saturated carbocycles. The predicted molar refractivity (Wildman–Crippen MR) is 59.4 cm³/mol. The average molecular weight is 243 g/mol. The minimum Gasteiger partial charge on any atom is -0.303 e. The molecule has 1 aromatic heterocycles. The number of hydrogen-bond donors (Lipinski definition) is 0. The Morgan fingerprint density at radius 1 is 1.38 bits per heavy atom. The van der Waals surface area contributed by atoms with Gasteiger partial charge in [-0.25, -0.2) is 0 Å². The number of aromatic nitrogens is 1. The van der Waals surface area contributed by atoms with Crippen LogP contribution in [0.5, 0.6) is 0 Å². The van der Waals surface area contributed by atoms with Gasteiger partial charge in [0.2, 0.25) is 0 Å². The molecule has 0 aliphatic heterocycles. The van der Waals surface area contributed by atoms with Gasteiger partial charge in [0.15, 0.2) is 0 Å².